The molecular weight excluding hydrogens is 1130 g/mol. The molecule has 2 heterocycles. The molecule has 0 saturated heterocycles. The third-order valence-corrected chi connectivity index (χ3v) is 17.1. The minimum absolute atomic E-state index is 0.0469. The standard InChI is InChI=1S/C53H76N8O16S4/c1-52(2,38-21-19-20-36(32-38)48(68)56-28-14-10-6-9-13-24-45(65)58-50-59-60-51(78-50)81(54,76)77)43(55-27-15-17-30-79(70,71)72)22-11-7-5-8-12-23-44-53(3,4)39-33-37(25-26-40(39)61(44)29-16-18-31-80(73,74)75)49(69)57-34-41(63)46(66)47(67)42(64)35-62/h5,7-8,11-12,19-23,25-26,32-33,41-42,46-47,62-64,66-67H,6,9-10,13-18,24,27-31,34-35H2,1-4H3,(H7,54,56,57,58,59,65,68,69,70,71,72,73,74,75,76,77)/p+1/t41-,42+,46+,47+/m0/s1. The van der Waals surface area contributed by atoms with E-state index in [0.29, 0.717) is 62.2 Å². The number of amides is 3. The Hall–Kier alpha value is -5.63. The molecule has 24 nitrogen and oxygen atoms in total. The second kappa shape index (κ2) is 31.1. The fourth-order valence-electron chi connectivity index (χ4n) is 8.71. The van der Waals surface area contributed by atoms with Crippen LogP contribution in [0, 0.1) is 0 Å². The van der Waals surface area contributed by atoms with E-state index in [9.17, 15) is 69.2 Å². The fraction of sp³-hybridized carbons (Fsp3) is 0.509. The summed E-state index contributed by atoms with van der Waals surface area (Å²) in [6.45, 7) is 7.72. The average Bonchev–Trinajstić information content (AvgIpc) is 4.07. The first-order valence-electron chi connectivity index (χ1n) is 26.3. The largest absolute Gasteiger partial charge is 0.394 e. The molecule has 0 bridgehead atoms. The molecule has 4 rings (SSSR count). The average molecular weight is 1210 g/mol. The van der Waals surface area contributed by atoms with Gasteiger partial charge in [-0.05, 0) is 81.9 Å². The van der Waals surface area contributed by atoms with Crippen LogP contribution in [0.2, 0.25) is 0 Å². The number of primary sulfonamides is 1. The van der Waals surface area contributed by atoms with E-state index in [1.54, 1.807) is 42.5 Å². The molecule has 2 aromatic carbocycles. The van der Waals surface area contributed by atoms with Crippen LogP contribution in [-0.4, -0.2) is 167 Å². The fourth-order valence-corrected chi connectivity index (χ4v) is 11.2. The minimum atomic E-state index is -4.18. The second-order valence-corrected chi connectivity index (χ2v) is 26.3. The van der Waals surface area contributed by atoms with Gasteiger partial charge in [0.05, 0.1) is 29.6 Å². The van der Waals surface area contributed by atoms with Crippen molar-refractivity contribution in [1.82, 2.24) is 26.1 Å². The van der Waals surface area contributed by atoms with Gasteiger partial charge < -0.3 is 46.8 Å². The van der Waals surface area contributed by atoms with E-state index in [1.807, 2.05) is 74.8 Å². The summed E-state index contributed by atoms with van der Waals surface area (Å²) in [5, 5.41) is 72.9. The number of anilines is 1. The van der Waals surface area contributed by atoms with Crippen LogP contribution in [0.4, 0.5) is 10.8 Å². The van der Waals surface area contributed by atoms with Crippen LogP contribution in [0.5, 0.6) is 0 Å². The summed E-state index contributed by atoms with van der Waals surface area (Å²) in [5.74, 6) is -1.98. The number of allylic oxidation sites excluding steroid dienone is 8. The maximum atomic E-state index is 13.3. The Labute approximate surface area is 477 Å². The summed E-state index contributed by atoms with van der Waals surface area (Å²) in [4.78, 5) is 38.9. The summed E-state index contributed by atoms with van der Waals surface area (Å²) >= 11 is 0.671. The molecule has 3 aromatic rings. The van der Waals surface area contributed by atoms with Gasteiger partial charge in [0.25, 0.3) is 42.1 Å². The van der Waals surface area contributed by atoms with Crippen molar-refractivity contribution >= 4 is 75.8 Å². The number of nitrogens with two attached hydrogens (primary N) is 1. The summed E-state index contributed by atoms with van der Waals surface area (Å²) in [5.41, 5.74) is 3.17. The summed E-state index contributed by atoms with van der Waals surface area (Å²) in [6.07, 6.45) is 10.9. The molecule has 0 radical (unpaired) electrons. The molecule has 0 fully saturated rings. The Morgan fingerprint density at radius 3 is 1.99 bits per heavy atom. The highest BCUT2D eigenvalue weighted by molar-refractivity contribution is 7.91. The Bertz CT molecular complexity index is 3140. The summed E-state index contributed by atoms with van der Waals surface area (Å²) in [7, 11) is -12.3. The number of unbranched alkanes of at least 4 members (excludes halogenated alkanes) is 6. The van der Waals surface area contributed by atoms with E-state index >= 15 is 0 Å². The number of fused-ring (bicyclic) bond motifs is 1. The molecule has 1 aliphatic rings. The SMILES string of the molecule is CC1(C)C(/C=C/C=C/C=C/C=C(/NCCCCS(=O)(=O)O)C(C)(C)c2cccc(C(=O)NCCCCCCCC(=O)Nc3nnc(S(N)(=O)=O)s3)c2)=[N+](CCCCS(=O)(=O)O)c2ccc(C(=O)NC[C@H](O)[C@@H](O)[C@H](O)[C@H](O)CO)cc21. The topological polar surface area (TPSA) is 398 Å². The maximum Gasteiger partial charge on any atom is 0.267 e. The number of aliphatic hydroxyl groups is 5. The molecule has 81 heavy (non-hydrogen) atoms. The van der Waals surface area contributed by atoms with Crippen molar-refractivity contribution in [2.45, 2.75) is 131 Å². The smallest absolute Gasteiger partial charge is 0.267 e. The number of carbonyl (C=O) groups excluding carboxylic acids is 3. The van der Waals surface area contributed by atoms with Crippen molar-refractivity contribution in [3.8, 4) is 0 Å². The number of benzene rings is 2. The number of aromatic nitrogens is 2. The molecule has 0 spiro atoms. The predicted octanol–water partition coefficient (Wildman–Crippen LogP) is 2.89. The number of rotatable bonds is 35. The lowest BCUT2D eigenvalue weighted by molar-refractivity contribution is -0.438. The Morgan fingerprint density at radius 2 is 1.32 bits per heavy atom. The van der Waals surface area contributed by atoms with Crippen LogP contribution < -0.4 is 26.4 Å². The van der Waals surface area contributed by atoms with Crippen molar-refractivity contribution in [3.63, 3.8) is 0 Å². The molecule has 0 aliphatic carbocycles. The van der Waals surface area contributed by atoms with Gasteiger partial charge in [0.15, 0.2) is 5.71 Å². The van der Waals surface area contributed by atoms with Crippen molar-refractivity contribution in [3.05, 3.63) is 113 Å². The zero-order valence-corrected chi connectivity index (χ0v) is 49.0. The first kappa shape index (κ1) is 67.9. The molecule has 0 unspecified atom stereocenters. The van der Waals surface area contributed by atoms with E-state index in [-0.39, 0.29) is 51.9 Å². The third kappa shape index (κ3) is 21.9. The molecule has 1 aliphatic heterocycles. The number of nitrogens with one attached hydrogen (secondary N) is 4. The second-order valence-electron chi connectivity index (χ2n) is 20.5. The van der Waals surface area contributed by atoms with E-state index < -0.39 is 90.3 Å². The lowest BCUT2D eigenvalue weighted by atomic mass is 9.80. The monoisotopic (exact) mass is 1210 g/mol. The molecule has 0 saturated carbocycles. The van der Waals surface area contributed by atoms with Gasteiger partial charge in [0, 0.05) is 72.4 Å². The first-order valence-corrected chi connectivity index (χ1v) is 31.9. The lowest BCUT2D eigenvalue weighted by Gasteiger charge is -2.30. The van der Waals surface area contributed by atoms with Crippen molar-refractivity contribution < 1.29 is 78.9 Å². The van der Waals surface area contributed by atoms with Gasteiger partial charge in [0.2, 0.25) is 21.1 Å². The quantitative estimate of drug-likeness (QED) is 0.0132. The van der Waals surface area contributed by atoms with E-state index in [4.69, 9.17) is 10.2 Å². The van der Waals surface area contributed by atoms with Crippen LogP contribution in [0.25, 0.3) is 0 Å². The van der Waals surface area contributed by atoms with Crippen LogP contribution in [0.1, 0.15) is 124 Å². The highest BCUT2D eigenvalue weighted by atomic mass is 32.2. The van der Waals surface area contributed by atoms with Gasteiger partial charge in [-0.25, -0.2) is 13.6 Å². The number of sulfonamides is 1. The zero-order chi connectivity index (χ0) is 60.2. The third-order valence-electron chi connectivity index (χ3n) is 13.4. The minimum Gasteiger partial charge on any atom is -0.394 e. The van der Waals surface area contributed by atoms with Crippen LogP contribution in [0.15, 0.2) is 95.0 Å². The molecule has 1 aromatic heterocycles. The number of aliphatic hydroxyl groups excluding tert-OH is 5. The molecule has 28 heteroatoms. The predicted molar refractivity (Wildman–Crippen MR) is 307 cm³/mol. The zero-order valence-electron chi connectivity index (χ0n) is 45.8. The number of hydrogen-bond donors (Lipinski definition) is 12. The first-order chi connectivity index (χ1) is 38.0. The van der Waals surface area contributed by atoms with Crippen LogP contribution in [-0.2, 0) is 45.9 Å². The van der Waals surface area contributed by atoms with Gasteiger partial charge in [0.1, 0.15) is 24.9 Å². The van der Waals surface area contributed by atoms with Crippen molar-refractivity contribution in [2.24, 2.45) is 5.14 Å². The normalized spacial score (nSPS) is 15.7. The summed E-state index contributed by atoms with van der Waals surface area (Å²) < 4.78 is 88.8. The lowest BCUT2D eigenvalue weighted by Crippen LogP contribution is -2.49. The van der Waals surface area contributed by atoms with Crippen molar-refractivity contribution in [2.75, 3.05) is 49.6 Å². The molecular formula is C53H77N8O16S4+. The van der Waals surface area contributed by atoms with Crippen LogP contribution >= 0.6 is 11.3 Å². The van der Waals surface area contributed by atoms with Crippen molar-refractivity contribution in [1.29, 1.82) is 0 Å². The van der Waals surface area contributed by atoms with Crippen LogP contribution in [0.3, 0.4) is 0 Å². The van der Waals surface area contributed by atoms with Gasteiger partial charge >= 0.3 is 0 Å². The Kier molecular flexibility index (Phi) is 26.1. The molecule has 4 atom stereocenters. The van der Waals surface area contributed by atoms with E-state index in [1.165, 1.54) is 0 Å². The van der Waals surface area contributed by atoms with E-state index in [0.717, 1.165) is 47.5 Å². The maximum absolute atomic E-state index is 13.3. The highest BCUT2D eigenvalue weighted by Gasteiger charge is 2.44. The Balaban J connectivity index is 1.43. The van der Waals surface area contributed by atoms with E-state index in [2.05, 4.69) is 31.5 Å². The number of hydrogen-bond acceptors (Lipinski definition) is 18. The number of nitrogens with zero attached hydrogens (tertiary/aromatic N) is 3. The van der Waals surface area contributed by atoms with Gasteiger partial charge in [-0.15, -0.1) is 10.2 Å². The molecule has 448 valence electrons. The Morgan fingerprint density at radius 1 is 0.728 bits per heavy atom. The van der Waals surface area contributed by atoms with Gasteiger partial charge in [-0.3, -0.25) is 23.5 Å². The molecule has 3 amide bonds. The highest BCUT2D eigenvalue weighted by Crippen LogP contribution is 2.41. The molecule has 13 N–H and O–H groups in total. The van der Waals surface area contributed by atoms with Gasteiger partial charge in [-0.2, -0.15) is 21.4 Å². The number of carbonyl (C=O) groups is 3. The van der Waals surface area contributed by atoms with Gasteiger partial charge in [-0.1, -0.05) is 87.0 Å². The summed E-state index contributed by atoms with van der Waals surface area (Å²) in [6, 6.07) is 12.2.